The highest BCUT2D eigenvalue weighted by Gasteiger charge is 2.32. The molecular formula is C31H32N4O5S. The molecule has 3 heterocycles. The fourth-order valence-corrected chi connectivity index (χ4v) is 6.07. The third-order valence-electron chi connectivity index (χ3n) is 6.96. The SMILES string of the molecule is Cc1sc2c(c1C)C(c1ccc(OCCCOCC(=O)O)cc1)=N[C@@H](CC(=O)Cc1ccccc1)c1nnc(C)n1-2. The Morgan fingerprint density at radius 3 is 2.49 bits per heavy atom. The van der Waals surface area contributed by atoms with Gasteiger partial charge in [-0.25, -0.2) is 4.79 Å². The van der Waals surface area contributed by atoms with Crippen molar-refractivity contribution in [3.05, 3.63) is 93.4 Å². The molecule has 5 rings (SSSR count). The lowest BCUT2D eigenvalue weighted by Gasteiger charge is -2.13. The molecule has 1 atom stereocenters. The molecule has 0 aliphatic carbocycles. The van der Waals surface area contributed by atoms with Crippen LogP contribution < -0.4 is 4.74 Å². The van der Waals surface area contributed by atoms with Gasteiger partial charge in [0.2, 0.25) is 0 Å². The minimum absolute atomic E-state index is 0.0887. The molecule has 0 radical (unpaired) electrons. The van der Waals surface area contributed by atoms with Gasteiger partial charge in [-0.05, 0) is 56.2 Å². The Bertz CT molecular complexity index is 1570. The molecule has 10 heteroatoms. The quantitative estimate of drug-likeness (QED) is 0.232. The molecule has 0 saturated carbocycles. The highest BCUT2D eigenvalue weighted by Crippen LogP contribution is 2.39. The van der Waals surface area contributed by atoms with Crippen LogP contribution in [0.15, 0.2) is 59.6 Å². The van der Waals surface area contributed by atoms with E-state index < -0.39 is 12.0 Å². The van der Waals surface area contributed by atoms with Crippen LogP contribution in [0, 0.1) is 20.8 Å². The van der Waals surface area contributed by atoms with E-state index in [1.807, 2.05) is 61.5 Å². The molecule has 1 aliphatic heterocycles. The van der Waals surface area contributed by atoms with Gasteiger partial charge in [-0.1, -0.05) is 30.3 Å². The maximum Gasteiger partial charge on any atom is 0.329 e. The lowest BCUT2D eigenvalue weighted by Crippen LogP contribution is -2.13. The first-order valence-electron chi connectivity index (χ1n) is 13.5. The molecule has 4 aromatic rings. The summed E-state index contributed by atoms with van der Waals surface area (Å²) in [6.45, 7) is 6.54. The zero-order valence-electron chi connectivity index (χ0n) is 23.3. The van der Waals surface area contributed by atoms with E-state index in [2.05, 4.69) is 28.6 Å². The van der Waals surface area contributed by atoms with E-state index in [9.17, 15) is 9.59 Å². The van der Waals surface area contributed by atoms with Crippen LogP contribution in [0.4, 0.5) is 0 Å². The summed E-state index contributed by atoms with van der Waals surface area (Å²) in [4.78, 5) is 30.2. The summed E-state index contributed by atoms with van der Waals surface area (Å²) in [5, 5.41) is 18.5. The average molecular weight is 573 g/mol. The Morgan fingerprint density at radius 1 is 1.00 bits per heavy atom. The maximum absolute atomic E-state index is 13.3. The number of carbonyl (C=O) groups excluding carboxylic acids is 1. The monoisotopic (exact) mass is 572 g/mol. The molecule has 0 spiro atoms. The van der Waals surface area contributed by atoms with Crippen LogP contribution in [0.2, 0.25) is 0 Å². The summed E-state index contributed by atoms with van der Waals surface area (Å²) >= 11 is 1.68. The first kappa shape index (κ1) is 28.4. The number of carbonyl (C=O) groups is 2. The van der Waals surface area contributed by atoms with Crippen molar-refractivity contribution in [1.29, 1.82) is 0 Å². The van der Waals surface area contributed by atoms with Crippen molar-refractivity contribution >= 4 is 28.8 Å². The zero-order chi connectivity index (χ0) is 28.9. The summed E-state index contributed by atoms with van der Waals surface area (Å²) in [5.41, 5.74) is 4.88. The number of Topliss-reactive ketones (excluding diaryl/α,β-unsaturated/α-hetero) is 1. The number of aliphatic imine (C=N–C) groups is 1. The van der Waals surface area contributed by atoms with Gasteiger partial charge in [0.1, 0.15) is 35.0 Å². The number of nitrogens with zero attached hydrogens (tertiary/aromatic N) is 4. The topological polar surface area (TPSA) is 116 Å². The summed E-state index contributed by atoms with van der Waals surface area (Å²) in [6.07, 6.45) is 1.13. The highest BCUT2D eigenvalue weighted by molar-refractivity contribution is 7.15. The largest absolute Gasteiger partial charge is 0.494 e. The summed E-state index contributed by atoms with van der Waals surface area (Å²) < 4.78 is 12.9. The highest BCUT2D eigenvalue weighted by atomic mass is 32.1. The number of carboxylic acid groups (broad SMARTS) is 1. The van der Waals surface area contributed by atoms with E-state index in [1.165, 1.54) is 4.88 Å². The van der Waals surface area contributed by atoms with Crippen molar-refractivity contribution in [3.63, 3.8) is 0 Å². The second-order valence-electron chi connectivity index (χ2n) is 9.98. The van der Waals surface area contributed by atoms with Gasteiger partial charge in [0.25, 0.3) is 0 Å². The third-order valence-corrected chi connectivity index (χ3v) is 8.15. The first-order chi connectivity index (χ1) is 19.8. The van der Waals surface area contributed by atoms with Crippen LogP contribution in [0.25, 0.3) is 5.00 Å². The standard InChI is InChI=1S/C31H32N4O5S/c1-19-20(2)41-31-28(19)29(23-10-12-25(13-11-23)40-15-7-14-39-18-27(37)38)32-26(30-34-33-21(3)35(30)31)17-24(36)16-22-8-5-4-6-9-22/h4-6,8-13,26H,7,14-18H2,1-3H3,(H,37,38)/t26-/m0/s1. The summed E-state index contributed by atoms with van der Waals surface area (Å²) in [7, 11) is 0. The van der Waals surface area contributed by atoms with E-state index >= 15 is 0 Å². The van der Waals surface area contributed by atoms with Crippen molar-refractivity contribution in [1.82, 2.24) is 14.8 Å². The molecule has 2 aromatic carbocycles. The Balaban J connectivity index is 1.43. The number of carboxylic acids is 1. The summed E-state index contributed by atoms with van der Waals surface area (Å²) in [6, 6.07) is 17.0. The van der Waals surface area contributed by atoms with Crippen LogP contribution in [0.1, 0.15) is 57.7 Å². The van der Waals surface area contributed by atoms with Gasteiger partial charge >= 0.3 is 5.97 Å². The summed E-state index contributed by atoms with van der Waals surface area (Å²) in [5.74, 6) is 1.23. The smallest absolute Gasteiger partial charge is 0.329 e. The predicted molar refractivity (Wildman–Crippen MR) is 157 cm³/mol. The number of aliphatic carboxylic acids is 1. The number of ketones is 1. The predicted octanol–water partition coefficient (Wildman–Crippen LogP) is 5.22. The third kappa shape index (κ3) is 6.44. The van der Waals surface area contributed by atoms with Crippen molar-refractivity contribution in [2.45, 2.75) is 46.1 Å². The number of hydrogen-bond acceptors (Lipinski definition) is 8. The van der Waals surface area contributed by atoms with Gasteiger partial charge in [-0.3, -0.25) is 14.4 Å². The number of ether oxygens (including phenoxy) is 2. The first-order valence-corrected chi connectivity index (χ1v) is 14.3. The molecule has 0 unspecified atom stereocenters. The molecule has 0 fully saturated rings. The molecule has 2 aromatic heterocycles. The van der Waals surface area contributed by atoms with Crippen molar-refractivity contribution in [2.24, 2.45) is 4.99 Å². The van der Waals surface area contributed by atoms with E-state index in [4.69, 9.17) is 19.6 Å². The van der Waals surface area contributed by atoms with Gasteiger partial charge < -0.3 is 14.6 Å². The molecular weight excluding hydrogens is 540 g/mol. The van der Waals surface area contributed by atoms with Crippen LogP contribution in [-0.2, 0) is 20.7 Å². The van der Waals surface area contributed by atoms with Gasteiger partial charge in [0.05, 0.1) is 18.9 Å². The number of benzene rings is 2. The van der Waals surface area contributed by atoms with E-state index in [-0.39, 0.29) is 18.8 Å². The lowest BCUT2D eigenvalue weighted by molar-refractivity contribution is -0.142. The molecule has 1 aliphatic rings. The molecule has 9 nitrogen and oxygen atoms in total. The number of thiophene rings is 1. The minimum atomic E-state index is -0.986. The maximum atomic E-state index is 13.3. The van der Waals surface area contributed by atoms with Crippen LogP contribution >= 0.6 is 11.3 Å². The van der Waals surface area contributed by atoms with E-state index in [1.54, 1.807) is 11.3 Å². The van der Waals surface area contributed by atoms with Crippen LogP contribution in [0.5, 0.6) is 5.75 Å². The van der Waals surface area contributed by atoms with Crippen molar-refractivity contribution < 1.29 is 24.2 Å². The van der Waals surface area contributed by atoms with Gasteiger partial charge in [-0.15, -0.1) is 21.5 Å². The second-order valence-corrected chi connectivity index (χ2v) is 11.2. The normalized spacial score (nSPS) is 14.1. The molecule has 0 bridgehead atoms. The van der Waals surface area contributed by atoms with E-state index in [0.717, 1.165) is 38.8 Å². The Kier molecular flexibility index (Phi) is 8.70. The number of aromatic nitrogens is 3. The minimum Gasteiger partial charge on any atom is -0.494 e. The van der Waals surface area contributed by atoms with E-state index in [0.29, 0.717) is 37.6 Å². The number of hydrogen-bond donors (Lipinski definition) is 1. The Hall–Kier alpha value is -4.15. The molecule has 41 heavy (non-hydrogen) atoms. The lowest BCUT2D eigenvalue weighted by atomic mass is 9.99. The molecule has 0 amide bonds. The Morgan fingerprint density at radius 2 is 1.76 bits per heavy atom. The average Bonchev–Trinajstić information content (AvgIpc) is 3.43. The van der Waals surface area contributed by atoms with Crippen LogP contribution in [0.3, 0.4) is 0 Å². The number of fused-ring (bicyclic) bond motifs is 3. The molecule has 212 valence electrons. The fraction of sp³-hybridized carbons (Fsp3) is 0.323. The molecule has 0 saturated heterocycles. The van der Waals surface area contributed by atoms with Gasteiger partial charge in [0, 0.05) is 35.3 Å². The second kappa shape index (κ2) is 12.6. The number of rotatable bonds is 12. The van der Waals surface area contributed by atoms with Gasteiger partial charge in [-0.2, -0.15) is 0 Å². The van der Waals surface area contributed by atoms with Crippen molar-refractivity contribution in [2.75, 3.05) is 19.8 Å². The number of aryl methyl sites for hydroxylation is 2. The zero-order valence-corrected chi connectivity index (χ0v) is 24.1. The van der Waals surface area contributed by atoms with Crippen molar-refractivity contribution in [3.8, 4) is 10.8 Å². The van der Waals surface area contributed by atoms with Gasteiger partial charge in [0.15, 0.2) is 5.82 Å². The van der Waals surface area contributed by atoms with Crippen LogP contribution in [-0.4, -0.2) is 57.2 Å². The molecule has 1 N–H and O–H groups in total. The fourth-order valence-electron chi connectivity index (χ4n) is 4.86. The Labute approximate surface area is 242 Å².